The number of amides is 1. The zero-order chi connectivity index (χ0) is 16.8. The van der Waals surface area contributed by atoms with Crippen LogP contribution in [0.5, 0.6) is 17.2 Å². The van der Waals surface area contributed by atoms with Crippen LogP contribution in [0.25, 0.3) is 0 Å². The molecule has 1 aliphatic carbocycles. The molecule has 0 saturated heterocycles. The Morgan fingerprint density at radius 2 is 2.08 bits per heavy atom. The van der Waals surface area contributed by atoms with Gasteiger partial charge in [0.1, 0.15) is 0 Å². The van der Waals surface area contributed by atoms with Crippen molar-refractivity contribution in [2.45, 2.75) is 38.6 Å². The van der Waals surface area contributed by atoms with Crippen molar-refractivity contribution in [2.75, 3.05) is 27.0 Å². The molecule has 0 unspecified atom stereocenters. The summed E-state index contributed by atoms with van der Waals surface area (Å²) in [6.07, 6.45) is 5.64. The molecule has 2 aliphatic rings. The lowest BCUT2D eigenvalue weighted by Gasteiger charge is -2.11. The van der Waals surface area contributed by atoms with Crippen LogP contribution in [0.4, 0.5) is 0 Å². The fourth-order valence-corrected chi connectivity index (χ4v) is 3.36. The number of carbonyl (C=O) groups excluding carboxylic acids is 1. The van der Waals surface area contributed by atoms with E-state index in [-0.39, 0.29) is 12.7 Å². The zero-order valence-corrected chi connectivity index (χ0v) is 14.2. The molecule has 1 aromatic carbocycles. The van der Waals surface area contributed by atoms with Crippen molar-refractivity contribution < 1.29 is 19.0 Å². The standard InChI is InChI=1S/C18H26N2O4/c1-22-15-8-14(9-16-18(15)24-12-23-16)11-19-6-7-20-17(21)10-13-4-2-3-5-13/h8-9,13,19H,2-7,10-12H2,1H3,(H,20,21). The number of nitrogens with one attached hydrogen (secondary N) is 2. The summed E-state index contributed by atoms with van der Waals surface area (Å²) in [5.41, 5.74) is 1.06. The molecule has 24 heavy (non-hydrogen) atoms. The van der Waals surface area contributed by atoms with Crippen molar-refractivity contribution in [3.05, 3.63) is 17.7 Å². The Labute approximate surface area is 142 Å². The van der Waals surface area contributed by atoms with Gasteiger partial charge in [-0.15, -0.1) is 0 Å². The lowest BCUT2D eigenvalue weighted by atomic mass is 10.0. The highest BCUT2D eigenvalue weighted by Crippen LogP contribution is 2.41. The number of hydrogen-bond donors (Lipinski definition) is 2. The van der Waals surface area contributed by atoms with Gasteiger partial charge in [0.2, 0.25) is 18.4 Å². The molecule has 0 radical (unpaired) electrons. The van der Waals surface area contributed by atoms with Gasteiger partial charge in [-0.3, -0.25) is 4.79 Å². The Bertz CT molecular complexity index is 570. The van der Waals surface area contributed by atoms with E-state index in [2.05, 4.69) is 10.6 Å². The van der Waals surface area contributed by atoms with Gasteiger partial charge in [0.25, 0.3) is 0 Å². The minimum absolute atomic E-state index is 0.174. The monoisotopic (exact) mass is 334 g/mol. The van der Waals surface area contributed by atoms with E-state index >= 15 is 0 Å². The maximum Gasteiger partial charge on any atom is 0.231 e. The van der Waals surface area contributed by atoms with E-state index < -0.39 is 0 Å². The number of ether oxygens (including phenoxy) is 3. The quantitative estimate of drug-likeness (QED) is 0.714. The van der Waals surface area contributed by atoms with Gasteiger partial charge in [-0.2, -0.15) is 0 Å². The second-order valence-electron chi connectivity index (χ2n) is 6.41. The smallest absolute Gasteiger partial charge is 0.231 e. The van der Waals surface area contributed by atoms with E-state index in [0.717, 1.165) is 17.9 Å². The van der Waals surface area contributed by atoms with E-state index in [4.69, 9.17) is 14.2 Å². The Kier molecular flexibility index (Phi) is 5.80. The van der Waals surface area contributed by atoms with Gasteiger partial charge < -0.3 is 24.8 Å². The molecule has 6 nitrogen and oxygen atoms in total. The molecule has 1 fully saturated rings. The Balaban J connectivity index is 1.37. The van der Waals surface area contributed by atoms with E-state index in [9.17, 15) is 4.79 Å². The highest BCUT2D eigenvalue weighted by atomic mass is 16.7. The minimum atomic E-state index is 0.174. The number of rotatable bonds is 8. The van der Waals surface area contributed by atoms with Crippen molar-refractivity contribution in [3.63, 3.8) is 0 Å². The molecular weight excluding hydrogens is 308 g/mol. The molecule has 0 atom stereocenters. The second kappa shape index (κ2) is 8.24. The number of fused-ring (bicyclic) bond motifs is 1. The van der Waals surface area contributed by atoms with Gasteiger partial charge >= 0.3 is 0 Å². The molecule has 1 amide bonds. The van der Waals surface area contributed by atoms with Crippen molar-refractivity contribution in [1.82, 2.24) is 10.6 Å². The molecule has 3 rings (SSSR count). The molecule has 2 N–H and O–H groups in total. The topological polar surface area (TPSA) is 68.8 Å². The maximum atomic E-state index is 11.9. The molecule has 1 aliphatic heterocycles. The summed E-state index contributed by atoms with van der Waals surface area (Å²) in [5.74, 6) is 2.84. The molecule has 6 heteroatoms. The first-order valence-electron chi connectivity index (χ1n) is 8.70. The molecule has 1 saturated carbocycles. The van der Waals surface area contributed by atoms with E-state index in [1.165, 1.54) is 25.7 Å². The first-order chi connectivity index (χ1) is 11.8. The van der Waals surface area contributed by atoms with Crippen LogP contribution in [-0.2, 0) is 11.3 Å². The summed E-state index contributed by atoms with van der Waals surface area (Å²) < 4.78 is 16.1. The molecule has 0 aromatic heterocycles. The van der Waals surface area contributed by atoms with Crippen LogP contribution < -0.4 is 24.8 Å². The summed E-state index contributed by atoms with van der Waals surface area (Å²) in [7, 11) is 1.62. The maximum absolute atomic E-state index is 11.9. The molecule has 1 heterocycles. The second-order valence-corrected chi connectivity index (χ2v) is 6.41. The fourth-order valence-electron chi connectivity index (χ4n) is 3.36. The minimum Gasteiger partial charge on any atom is -0.493 e. The molecule has 0 spiro atoms. The molecule has 132 valence electrons. The van der Waals surface area contributed by atoms with Crippen molar-refractivity contribution in [2.24, 2.45) is 5.92 Å². The van der Waals surface area contributed by atoms with Gasteiger partial charge in [-0.1, -0.05) is 12.8 Å². The van der Waals surface area contributed by atoms with Crippen LogP contribution in [0.3, 0.4) is 0 Å². The molecule has 0 bridgehead atoms. The zero-order valence-electron chi connectivity index (χ0n) is 14.2. The first-order valence-corrected chi connectivity index (χ1v) is 8.70. The average Bonchev–Trinajstić information content (AvgIpc) is 3.25. The number of hydrogen-bond acceptors (Lipinski definition) is 5. The van der Waals surface area contributed by atoms with Crippen LogP contribution in [0.2, 0.25) is 0 Å². The number of methoxy groups -OCH3 is 1. The van der Waals surface area contributed by atoms with Crippen LogP contribution in [0, 0.1) is 5.92 Å². The van der Waals surface area contributed by atoms with E-state index in [0.29, 0.717) is 36.9 Å². The third-order valence-electron chi connectivity index (χ3n) is 4.62. The Morgan fingerprint density at radius 1 is 1.25 bits per heavy atom. The highest BCUT2D eigenvalue weighted by molar-refractivity contribution is 5.76. The molecular formula is C18H26N2O4. The van der Waals surface area contributed by atoms with Crippen molar-refractivity contribution in [3.8, 4) is 17.2 Å². The van der Waals surface area contributed by atoms with E-state index in [1.54, 1.807) is 7.11 Å². The lowest BCUT2D eigenvalue weighted by Crippen LogP contribution is -2.32. The summed E-state index contributed by atoms with van der Waals surface area (Å²) >= 11 is 0. The first kappa shape index (κ1) is 16.9. The average molecular weight is 334 g/mol. The molecule has 1 aromatic rings. The Morgan fingerprint density at radius 3 is 2.88 bits per heavy atom. The van der Waals surface area contributed by atoms with Crippen LogP contribution in [-0.4, -0.2) is 32.9 Å². The van der Waals surface area contributed by atoms with Gasteiger partial charge in [0.15, 0.2) is 11.5 Å². The lowest BCUT2D eigenvalue weighted by molar-refractivity contribution is -0.121. The summed E-state index contributed by atoms with van der Waals surface area (Å²) in [6.45, 7) is 2.29. The normalized spacial score (nSPS) is 16.4. The van der Waals surface area contributed by atoms with Crippen LogP contribution >= 0.6 is 0 Å². The Hall–Kier alpha value is -1.95. The van der Waals surface area contributed by atoms with Crippen molar-refractivity contribution >= 4 is 5.91 Å². The fraction of sp³-hybridized carbons (Fsp3) is 0.611. The SMILES string of the molecule is COc1cc(CNCCNC(=O)CC2CCCC2)cc2c1OCO2. The van der Waals surface area contributed by atoms with Gasteiger partial charge in [0.05, 0.1) is 7.11 Å². The predicted molar refractivity (Wildman–Crippen MR) is 90.4 cm³/mol. The number of benzene rings is 1. The van der Waals surface area contributed by atoms with Crippen LogP contribution in [0.15, 0.2) is 12.1 Å². The third-order valence-corrected chi connectivity index (χ3v) is 4.62. The summed E-state index contributed by atoms with van der Waals surface area (Å²) in [6, 6.07) is 3.90. The van der Waals surface area contributed by atoms with Gasteiger partial charge in [-0.25, -0.2) is 0 Å². The third kappa shape index (κ3) is 4.32. The summed E-state index contributed by atoms with van der Waals surface area (Å²) in [5, 5.41) is 6.32. The van der Waals surface area contributed by atoms with Crippen LogP contribution in [0.1, 0.15) is 37.7 Å². The van der Waals surface area contributed by atoms with Crippen molar-refractivity contribution in [1.29, 1.82) is 0 Å². The predicted octanol–water partition coefficient (Wildman–Crippen LogP) is 2.21. The number of carbonyl (C=O) groups is 1. The van der Waals surface area contributed by atoms with E-state index in [1.807, 2.05) is 12.1 Å². The summed E-state index contributed by atoms with van der Waals surface area (Å²) in [4.78, 5) is 11.9. The van der Waals surface area contributed by atoms with Gasteiger partial charge in [0, 0.05) is 26.1 Å². The highest BCUT2D eigenvalue weighted by Gasteiger charge is 2.20. The van der Waals surface area contributed by atoms with Gasteiger partial charge in [-0.05, 0) is 36.5 Å². The largest absolute Gasteiger partial charge is 0.493 e.